The van der Waals surface area contributed by atoms with Gasteiger partial charge in [0.1, 0.15) is 29.7 Å². The Balaban J connectivity index is 1.79. The van der Waals surface area contributed by atoms with Crippen LogP contribution in [-0.2, 0) is 23.6 Å². The molecule has 3 heterocycles. The highest BCUT2D eigenvalue weighted by atomic mass is 31.2. The number of aliphatic hydroxyl groups is 2. The Morgan fingerprint density at radius 1 is 1.37 bits per heavy atom. The third-order valence-electron chi connectivity index (χ3n) is 4.38. The van der Waals surface area contributed by atoms with Gasteiger partial charge in [0.25, 0.3) is 5.85 Å². The van der Waals surface area contributed by atoms with Crippen LogP contribution in [0, 0.1) is 6.92 Å². The molecule has 6 N–H and O–H groups in total. The van der Waals surface area contributed by atoms with Gasteiger partial charge < -0.3 is 39.9 Å². The molecule has 3 rings (SSSR count). The summed E-state index contributed by atoms with van der Waals surface area (Å²) in [6.45, 7) is 2.36. The van der Waals surface area contributed by atoms with Crippen molar-refractivity contribution in [3.05, 3.63) is 12.2 Å². The molecule has 1 saturated heterocycles. The van der Waals surface area contributed by atoms with Crippen molar-refractivity contribution in [1.82, 2.24) is 19.5 Å². The van der Waals surface area contributed by atoms with E-state index in [1.54, 1.807) is 6.92 Å². The molecule has 0 saturated carbocycles. The predicted octanol–water partition coefficient (Wildman–Crippen LogP) is -1.58. The molecule has 0 spiro atoms. The molecule has 0 unspecified atom stereocenters. The minimum absolute atomic E-state index is 0.111. The van der Waals surface area contributed by atoms with E-state index in [1.807, 2.05) is 0 Å². The van der Waals surface area contributed by atoms with Gasteiger partial charge in [0, 0.05) is 0 Å². The normalized spacial score (nSPS) is 25.5. The number of carbonyl (C=O) groups excluding carboxylic acids is 1. The maximum absolute atomic E-state index is 11.8. The number of hydrogen-bond acceptors (Lipinski definition) is 11. The highest BCUT2D eigenvalue weighted by Gasteiger charge is 2.46. The molecule has 1 fully saturated rings. The lowest BCUT2D eigenvalue weighted by molar-refractivity contribution is -0.155. The number of esters is 1. The highest BCUT2D eigenvalue weighted by Crippen LogP contribution is 2.43. The summed E-state index contributed by atoms with van der Waals surface area (Å²) in [4.78, 5) is 42.7. The Labute approximate surface area is 169 Å². The molecule has 0 radical (unpaired) electrons. The monoisotopic (exact) mass is 447 g/mol. The number of imidazole rings is 1. The Morgan fingerprint density at radius 2 is 2.07 bits per heavy atom. The average molecular weight is 447 g/mol. The molecular formula is C15H22N5O9P. The number of rotatable bonds is 7. The number of fused-ring (bicyclic) bond motifs is 1. The third-order valence-corrected chi connectivity index (χ3v) is 5.35. The number of aryl methyl sites for hydroxylation is 1. The second-order valence-corrected chi connectivity index (χ2v) is 8.20. The zero-order chi connectivity index (χ0) is 22.2. The van der Waals surface area contributed by atoms with Crippen LogP contribution in [0.15, 0.2) is 6.33 Å². The van der Waals surface area contributed by atoms with Crippen LogP contribution in [0.25, 0.3) is 11.2 Å². The van der Waals surface area contributed by atoms with Crippen LogP contribution in [0.4, 0.5) is 5.82 Å². The second-order valence-electron chi connectivity index (χ2n) is 6.55. The Kier molecular flexibility index (Phi) is 6.38. The molecule has 5 atom stereocenters. The molecule has 0 bridgehead atoms. The lowest BCUT2D eigenvalue weighted by atomic mass is 10.1. The van der Waals surface area contributed by atoms with Crippen molar-refractivity contribution in [3.8, 4) is 0 Å². The van der Waals surface area contributed by atoms with Gasteiger partial charge in [-0.2, -0.15) is 0 Å². The summed E-state index contributed by atoms with van der Waals surface area (Å²) in [5.41, 5.74) is 6.35. The molecule has 2 aromatic rings. The summed E-state index contributed by atoms with van der Waals surface area (Å²) >= 11 is 0. The van der Waals surface area contributed by atoms with Crippen molar-refractivity contribution in [2.24, 2.45) is 0 Å². The maximum Gasteiger partial charge on any atom is 0.365 e. The van der Waals surface area contributed by atoms with Crippen LogP contribution in [0.3, 0.4) is 0 Å². The van der Waals surface area contributed by atoms with Gasteiger partial charge in [-0.05, 0) is 13.8 Å². The number of anilines is 1. The van der Waals surface area contributed by atoms with E-state index in [0.717, 1.165) is 0 Å². The van der Waals surface area contributed by atoms with Gasteiger partial charge in [-0.25, -0.2) is 19.7 Å². The van der Waals surface area contributed by atoms with Crippen molar-refractivity contribution >= 4 is 30.5 Å². The van der Waals surface area contributed by atoms with Gasteiger partial charge in [-0.15, -0.1) is 0 Å². The quantitative estimate of drug-likeness (QED) is 0.240. The van der Waals surface area contributed by atoms with Crippen molar-refractivity contribution < 1.29 is 43.6 Å². The van der Waals surface area contributed by atoms with E-state index in [2.05, 4.69) is 19.7 Å². The fourth-order valence-electron chi connectivity index (χ4n) is 3.04. The fraction of sp³-hybridized carbons (Fsp3) is 0.600. The van der Waals surface area contributed by atoms with Gasteiger partial charge in [0.15, 0.2) is 17.7 Å². The summed E-state index contributed by atoms with van der Waals surface area (Å²) in [5, 5.41) is 20.7. The number of aliphatic hydroxyl groups excluding tert-OH is 2. The molecule has 15 heteroatoms. The van der Waals surface area contributed by atoms with Crippen LogP contribution in [0.1, 0.15) is 19.0 Å². The van der Waals surface area contributed by atoms with Gasteiger partial charge >= 0.3 is 13.6 Å². The first kappa shape index (κ1) is 22.5. The molecule has 1 aliphatic heterocycles. The van der Waals surface area contributed by atoms with Crippen molar-refractivity contribution in [2.75, 3.05) is 18.9 Å². The molecular weight excluding hydrogens is 425 g/mol. The third kappa shape index (κ3) is 4.30. The lowest BCUT2D eigenvalue weighted by Crippen LogP contribution is -2.36. The van der Waals surface area contributed by atoms with E-state index < -0.39 is 50.6 Å². The van der Waals surface area contributed by atoms with E-state index in [0.29, 0.717) is 5.82 Å². The van der Waals surface area contributed by atoms with Crippen LogP contribution in [0.2, 0.25) is 0 Å². The Bertz CT molecular complexity index is 979. The van der Waals surface area contributed by atoms with E-state index in [-0.39, 0.29) is 23.6 Å². The standard InChI is InChI=1S/C15H22N5O9P/c1-3-27-14(23)15(30(24,25)26)28-4-7-9(21)10(22)13(29-7)20-5-17-8-11(16)18-6(2)19-12(8)20/h5,7,9-10,13,15,21-22H,3-4H2,1-2H3,(H2,16,18,19)(H2,24,25,26)/t7-,9+,10-,13-,15-/m0/s1. The van der Waals surface area contributed by atoms with Crippen LogP contribution < -0.4 is 5.73 Å². The van der Waals surface area contributed by atoms with Crippen LogP contribution in [0.5, 0.6) is 0 Å². The number of carbonyl (C=O) groups is 1. The topological polar surface area (TPSA) is 212 Å². The SMILES string of the molecule is CCOC(=O)[C@@H](OC[C@@H]1O[C@H](n2cnc3c(N)nc(C)nc32)[C@@H](O)[C@@H]1O)P(=O)(O)O. The summed E-state index contributed by atoms with van der Waals surface area (Å²) in [6.07, 6.45) is -4.01. The number of aromatic nitrogens is 4. The summed E-state index contributed by atoms with van der Waals surface area (Å²) < 4.78 is 28.1. The average Bonchev–Trinajstić information content (AvgIpc) is 3.17. The van der Waals surface area contributed by atoms with Gasteiger partial charge in [0.2, 0.25) is 0 Å². The van der Waals surface area contributed by atoms with Crippen LogP contribution >= 0.6 is 7.60 Å². The summed E-state index contributed by atoms with van der Waals surface area (Å²) in [5.74, 6) is -2.95. The molecule has 2 aromatic heterocycles. The molecule has 0 amide bonds. The molecule has 1 aliphatic rings. The minimum atomic E-state index is -5.00. The number of nitrogens with two attached hydrogens (primary N) is 1. The van der Waals surface area contributed by atoms with Crippen LogP contribution in [-0.4, -0.2) is 82.9 Å². The van der Waals surface area contributed by atoms with E-state index in [9.17, 15) is 29.4 Å². The number of hydrogen-bond donors (Lipinski definition) is 5. The summed E-state index contributed by atoms with van der Waals surface area (Å²) in [6, 6.07) is 0. The molecule has 14 nitrogen and oxygen atoms in total. The molecule has 0 aliphatic carbocycles. The molecule has 30 heavy (non-hydrogen) atoms. The van der Waals surface area contributed by atoms with E-state index in [4.69, 9.17) is 15.2 Å². The zero-order valence-corrected chi connectivity index (χ0v) is 16.9. The molecule has 166 valence electrons. The predicted molar refractivity (Wildman–Crippen MR) is 98.8 cm³/mol. The fourth-order valence-corrected chi connectivity index (χ4v) is 3.67. The van der Waals surface area contributed by atoms with E-state index >= 15 is 0 Å². The van der Waals surface area contributed by atoms with Gasteiger partial charge in [-0.1, -0.05) is 0 Å². The largest absolute Gasteiger partial charge is 0.464 e. The summed E-state index contributed by atoms with van der Waals surface area (Å²) in [7, 11) is -5.00. The lowest BCUT2D eigenvalue weighted by Gasteiger charge is -2.20. The second kappa shape index (κ2) is 8.51. The van der Waals surface area contributed by atoms with Gasteiger partial charge in [-0.3, -0.25) is 9.13 Å². The Hall–Kier alpha value is -2.19. The first-order valence-electron chi connectivity index (χ1n) is 8.86. The van der Waals surface area contributed by atoms with Crippen molar-refractivity contribution in [3.63, 3.8) is 0 Å². The van der Waals surface area contributed by atoms with E-state index in [1.165, 1.54) is 17.8 Å². The first-order chi connectivity index (χ1) is 14.0. The zero-order valence-electron chi connectivity index (χ0n) is 16.0. The smallest absolute Gasteiger partial charge is 0.365 e. The van der Waals surface area contributed by atoms with Crippen molar-refractivity contribution in [1.29, 1.82) is 0 Å². The number of nitrogen functional groups attached to an aromatic ring is 1. The molecule has 0 aromatic carbocycles. The minimum Gasteiger partial charge on any atom is -0.464 e. The first-order valence-corrected chi connectivity index (χ1v) is 10.5. The number of ether oxygens (including phenoxy) is 3. The van der Waals surface area contributed by atoms with Gasteiger partial charge in [0.05, 0.1) is 19.5 Å². The maximum atomic E-state index is 11.8. The Morgan fingerprint density at radius 3 is 2.70 bits per heavy atom. The highest BCUT2D eigenvalue weighted by molar-refractivity contribution is 7.53. The van der Waals surface area contributed by atoms with Crippen molar-refractivity contribution in [2.45, 2.75) is 44.2 Å². The number of nitrogens with zero attached hydrogens (tertiary/aromatic N) is 4.